The van der Waals surface area contributed by atoms with E-state index in [-0.39, 0.29) is 11.6 Å². The molecule has 2 nitrogen and oxygen atoms in total. The van der Waals surface area contributed by atoms with Crippen molar-refractivity contribution in [3.05, 3.63) is 64.4 Å². The first kappa shape index (κ1) is 14.6. The van der Waals surface area contributed by atoms with Gasteiger partial charge in [0.1, 0.15) is 0 Å². The second kappa shape index (κ2) is 5.16. The Balaban J connectivity index is 2.40. The minimum absolute atomic E-state index is 0.157. The number of ketones is 2. The van der Waals surface area contributed by atoms with Crippen LogP contribution in [0, 0.1) is 0 Å². The number of benzene rings is 2. The molecular formula is C14H4Br4O2. The van der Waals surface area contributed by atoms with Gasteiger partial charge in [-0.05, 0) is 56.1 Å². The lowest BCUT2D eigenvalue weighted by atomic mass is 9.84. The van der Waals surface area contributed by atoms with Crippen molar-refractivity contribution in [2.24, 2.45) is 0 Å². The normalized spacial score (nSPS) is 13.2. The average molecular weight is 524 g/mol. The van der Waals surface area contributed by atoms with Gasteiger partial charge in [0.05, 0.1) is 0 Å². The van der Waals surface area contributed by atoms with Crippen molar-refractivity contribution in [2.45, 2.75) is 0 Å². The molecule has 0 saturated carbocycles. The number of hydrogen-bond donors (Lipinski definition) is 0. The highest BCUT2D eigenvalue weighted by molar-refractivity contribution is 9.11. The molecule has 0 N–H and O–H groups in total. The van der Waals surface area contributed by atoms with Crippen molar-refractivity contribution in [1.82, 2.24) is 0 Å². The van der Waals surface area contributed by atoms with Crippen LogP contribution in [0.4, 0.5) is 0 Å². The Morgan fingerprint density at radius 1 is 0.600 bits per heavy atom. The zero-order valence-corrected chi connectivity index (χ0v) is 16.0. The van der Waals surface area contributed by atoms with Crippen LogP contribution < -0.4 is 0 Å². The van der Waals surface area contributed by atoms with E-state index in [2.05, 4.69) is 63.7 Å². The summed E-state index contributed by atoms with van der Waals surface area (Å²) < 4.78 is 2.73. The van der Waals surface area contributed by atoms with Gasteiger partial charge in [-0.15, -0.1) is 0 Å². The highest BCUT2D eigenvalue weighted by atomic mass is 79.9. The Hall–Kier alpha value is -0.300. The van der Waals surface area contributed by atoms with E-state index in [0.29, 0.717) is 31.2 Å². The third-order valence-electron chi connectivity index (χ3n) is 3.05. The van der Waals surface area contributed by atoms with E-state index in [1.165, 1.54) is 0 Å². The van der Waals surface area contributed by atoms with Gasteiger partial charge in [0.15, 0.2) is 11.6 Å². The highest BCUT2D eigenvalue weighted by Crippen LogP contribution is 2.38. The zero-order valence-electron chi connectivity index (χ0n) is 9.64. The van der Waals surface area contributed by atoms with Crippen LogP contribution in [0.25, 0.3) is 0 Å². The molecule has 1 aliphatic rings. The summed E-state index contributed by atoms with van der Waals surface area (Å²) in [7, 11) is 0. The van der Waals surface area contributed by atoms with E-state index in [1.807, 2.05) is 0 Å². The molecule has 0 atom stereocenters. The Morgan fingerprint density at radius 3 is 1.30 bits per heavy atom. The molecule has 2 aromatic rings. The number of fused-ring (bicyclic) bond motifs is 2. The van der Waals surface area contributed by atoms with E-state index in [1.54, 1.807) is 24.3 Å². The van der Waals surface area contributed by atoms with Gasteiger partial charge < -0.3 is 0 Å². The molecule has 100 valence electrons. The van der Waals surface area contributed by atoms with Crippen molar-refractivity contribution >= 4 is 75.3 Å². The molecule has 0 radical (unpaired) electrons. The van der Waals surface area contributed by atoms with Crippen LogP contribution in [0.3, 0.4) is 0 Å². The Bertz CT molecular complexity index is 729. The van der Waals surface area contributed by atoms with Crippen molar-refractivity contribution in [3.63, 3.8) is 0 Å². The number of rotatable bonds is 0. The summed E-state index contributed by atoms with van der Waals surface area (Å²) >= 11 is 13.4. The smallest absolute Gasteiger partial charge is 0.195 e. The first-order valence-electron chi connectivity index (χ1n) is 5.47. The fourth-order valence-electron chi connectivity index (χ4n) is 2.24. The molecule has 0 spiro atoms. The predicted octanol–water partition coefficient (Wildman–Crippen LogP) is 5.51. The molecule has 20 heavy (non-hydrogen) atoms. The summed E-state index contributed by atoms with van der Waals surface area (Å²) in [6.07, 6.45) is 0. The first-order chi connectivity index (χ1) is 9.40. The minimum Gasteiger partial charge on any atom is -0.289 e. The number of carbonyl (C=O) groups excluding carboxylic acids is 2. The molecule has 0 saturated heterocycles. The van der Waals surface area contributed by atoms with Gasteiger partial charge in [-0.25, -0.2) is 0 Å². The van der Waals surface area contributed by atoms with Crippen LogP contribution in [0.5, 0.6) is 0 Å². The van der Waals surface area contributed by atoms with E-state index < -0.39 is 0 Å². The van der Waals surface area contributed by atoms with Gasteiger partial charge in [-0.2, -0.15) is 0 Å². The maximum Gasteiger partial charge on any atom is 0.195 e. The molecule has 1 aliphatic carbocycles. The molecule has 0 unspecified atom stereocenters. The molecule has 0 amide bonds. The van der Waals surface area contributed by atoms with Crippen LogP contribution in [0.1, 0.15) is 31.8 Å². The summed E-state index contributed by atoms with van der Waals surface area (Å²) in [6, 6.07) is 6.89. The van der Waals surface area contributed by atoms with Crippen LogP contribution >= 0.6 is 63.7 Å². The van der Waals surface area contributed by atoms with Crippen LogP contribution in [-0.2, 0) is 0 Å². The number of hydrogen-bond acceptors (Lipinski definition) is 2. The molecule has 0 bridgehead atoms. The molecular weight excluding hydrogens is 520 g/mol. The predicted molar refractivity (Wildman–Crippen MR) is 90.5 cm³/mol. The van der Waals surface area contributed by atoms with Gasteiger partial charge in [0.25, 0.3) is 0 Å². The fraction of sp³-hybridized carbons (Fsp3) is 0. The largest absolute Gasteiger partial charge is 0.289 e. The summed E-state index contributed by atoms with van der Waals surface area (Å²) in [5.74, 6) is -0.313. The van der Waals surface area contributed by atoms with E-state index in [0.717, 1.165) is 8.95 Å². The van der Waals surface area contributed by atoms with Crippen LogP contribution in [0.2, 0.25) is 0 Å². The van der Waals surface area contributed by atoms with E-state index in [4.69, 9.17) is 0 Å². The number of halogens is 4. The molecule has 0 aliphatic heterocycles. The maximum atomic E-state index is 12.7. The zero-order chi connectivity index (χ0) is 14.6. The Morgan fingerprint density at radius 2 is 0.950 bits per heavy atom. The van der Waals surface area contributed by atoms with E-state index >= 15 is 0 Å². The summed E-state index contributed by atoms with van der Waals surface area (Å²) in [5, 5.41) is 0. The maximum absolute atomic E-state index is 12.7. The molecule has 2 aromatic carbocycles. The SMILES string of the molecule is O=C1c2cc(Br)cc(Br)c2C(=O)c2cc(Br)cc(Br)c21. The quantitative estimate of drug-likeness (QED) is 0.389. The second-order valence-corrected chi connectivity index (χ2v) is 7.82. The lowest BCUT2D eigenvalue weighted by molar-refractivity contribution is 0.0978. The van der Waals surface area contributed by atoms with Crippen LogP contribution in [0.15, 0.2) is 42.2 Å². The fourth-order valence-corrected chi connectivity index (χ4v) is 5.05. The summed E-state index contributed by atoms with van der Waals surface area (Å²) in [4.78, 5) is 25.3. The van der Waals surface area contributed by atoms with Crippen molar-refractivity contribution in [3.8, 4) is 0 Å². The molecule has 6 heteroatoms. The topological polar surface area (TPSA) is 34.1 Å². The highest BCUT2D eigenvalue weighted by Gasteiger charge is 2.33. The van der Waals surface area contributed by atoms with Gasteiger partial charge in [-0.3, -0.25) is 9.59 Å². The third kappa shape index (κ3) is 2.17. The standard InChI is InChI=1S/C14H4Br4O2/c15-5-1-7-11(9(17)3-5)14(20)8-2-6(16)4-10(18)12(8)13(7)19/h1-4H. The van der Waals surface area contributed by atoms with Gasteiger partial charge in [0, 0.05) is 40.1 Å². The minimum atomic E-state index is -0.157. The van der Waals surface area contributed by atoms with Gasteiger partial charge in [-0.1, -0.05) is 31.9 Å². The molecule has 0 heterocycles. The summed E-state index contributed by atoms with van der Waals surface area (Å²) in [5.41, 5.74) is 1.64. The summed E-state index contributed by atoms with van der Waals surface area (Å²) in [6.45, 7) is 0. The lowest BCUT2D eigenvalue weighted by Gasteiger charge is -2.20. The Labute approximate surface area is 148 Å². The third-order valence-corrected chi connectivity index (χ3v) is 5.22. The molecule has 3 rings (SSSR count). The van der Waals surface area contributed by atoms with Gasteiger partial charge >= 0.3 is 0 Å². The van der Waals surface area contributed by atoms with Crippen molar-refractivity contribution in [1.29, 1.82) is 0 Å². The monoisotopic (exact) mass is 520 g/mol. The Kier molecular flexibility index (Phi) is 3.77. The van der Waals surface area contributed by atoms with Crippen LogP contribution in [-0.4, -0.2) is 11.6 Å². The van der Waals surface area contributed by atoms with Crippen molar-refractivity contribution in [2.75, 3.05) is 0 Å². The molecule has 0 fully saturated rings. The average Bonchev–Trinajstić information content (AvgIpc) is 2.34. The lowest BCUT2D eigenvalue weighted by Crippen LogP contribution is -2.22. The van der Waals surface area contributed by atoms with E-state index in [9.17, 15) is 9.59 Å². The van der Waals surface area contributed by atoms with Gasteiger partial charge in [0.2, 0.25) is 0 Å². The molecule has 0 aromatic heterocycles. The first-order valence-corrected chi connectivity index (χ1v) is 8.65. The second-order valence-electron chi connectivity index (χ2n) is 4.28. The van der Waals surface area contributed by atoms with Crippen molar-refractivity contribution < 1.29 is 9.59 Å². The number of carbonyl (C=O) groups is 2.